The molecule has 0 saturated carbocycles. The number of hydrogen-bond acceptors (Lipinski definition) is 3. The molecule has 2 aliphatic heterocycles. The molecule has 3 heterocycles. The van der Waals surface area contributed by atoms with E-state index in [1.165, 1.54) is 25.2 Å². The average molecular weight is 234 g/mol. The van der Waals surface area contributed by atoms with E-state index in [0.29, 0.717) is 12.1 Å². The van der Waals surface area contributed by atoms with Crippen LogP contribution in [0.1, 0.15) is 25.5 Å². The number of fused-ring (bicyclic) bond motifs is 1. The molecule has 17 heavy (non-hydrogen) atoms. The molecule has 4 nitrogen and oxygen atoms in total. The van der Waals surface area contributed by atoms with Gasteiger partial charge in [0, 0.05) is 37.4 Å². The standard InChI is InChI=1S/C13H22N4/c1-9(11-5-15-16(3)7-11)17-8-12-4-14-6-13(12)10(17)2/h5,7,9-10,12-14H,4,6,8H2,1-3H3. The summed E-state index contributed by atoms with van der Waals surface area (Å²) in [4.78, 5) is 2.65. The van der Waals surface area contributed by atoms with Gasteiger partial charge in [0.05, 0.1) is 6.20 Å². The summed E-state index contributed by atoms with van der Waals surface area (Å²) in [6.45, 7) is 8.31. The Morgan fingerprint density at radius 2 is 2.29 bits per heavy atom. The molecule has 2 aliphatic rings. The molecule has 0 bridgehead atoms. The summed E-state index contributed by atoms with van der Waals surface area (Å²) in [6.07, 6.45) is 4.15. The van der Waals surface area contributed by atoms with Gasteiger partial charge in [0.15, 0.2) is 0 Å². The molecule has 4 heteroatoms. The molecule has 0 radical (unpaired) electrons. The van der Waals surface area contributed by atoms with E-state index in [2.05, 4.69) is 35.4 Å². The zero-order chi connectivity index (χ0) is 12.0. The van der Waals surface area contributed by atoms with Gasteiger partial charge in [-0.1, -0.05) is 0 Å². The van der Waals surface area contributed by atoms with E-state index >= 15 is 0 Å². The van der Waals surface area contributed by atoms with Gasteiger partial charge in [-0.25, -0.2) is 0 Å². The summed E-state index contributed by atoms with van der Waals surface area (Å²) < 4.78 is 1.90. The summed E-state index contributed by atoms with van der Waals surface area (Å²) in [5.41, 5.74) is 1.34. The third-order valence-electron chi connectivity index (χ3n) is 4.68. The molecule has 0 aliphatic carbocycles. The molecule has 0 amide bonds. The van der Waals surface area contributed by atoms with Gasteiger partial charge in [-0.05, 0) is 38.8 Å². The number of likely N-dealkylation sites (tertiary alicyclic amines) is 1. The van der Waals surface area contributed by atoms with Crippen molar-refractivity contribution in [2.24, 2.45) is 18.9 Å². The van der Waals surface area contributed by atoms with Crippen LogP contribution in [0.2, 0.25) is 0 Å². The van der Waals surface area contributed by atoms with Gasteiger partial charge >= 0.3 is 0 Å². The van der Waals surface area contributed by atoms with Crippen LogP contribution in [0.4, 0.5) is 0 Å². The molecular formula is C13H22N4. The molecule has 1 aromatic rings. The first-order valence-electron chi connectivity index (χ1n) is 6.62. The maximum Gasteiger partial charge on any atom is 0.0537 e. The largest absolute Gasteiger partial charge is 0.316 e. The van der Waals surface area contributed by atoms with Gasteiger partial charge in [0.25, 0.3) is 0 Å². The lowest BCUT2D eigenvalue weighted by Crippen LogP contribution is -2.35. The molecule has 4 unspecified atom stereocenters. The highest BCUT2D eigenvalue weighted by molar-refractivity contribution is 5.12. The van der Waals surface area contributed by atoms with Crippen LogP contribution in [-0.2, 0) is 7.05 Å². The molecule has 1 aromatic heterocycles. The monoisotopic (exact) mass is 234 g/mol. The lowest BCUT2D eigenvalue weighted by atomic mass is 9.95. The Morgan fingerprint density at radius 3 is 2.94 bits per heavy atom. The smallest absolute Gasteiger partial charge is 0.0537 e. The maximum atomic E-state index is 4.28. The van der Waals surface area contributed by atoms with Crippen LogP contribution in [0.5, 0.6) is 0 Å². The number of nitrogens with zero attached hydrogens (tertiary/aromatic N) is 3. The third kappa shape index (κ3) is 1.79. The number of nitrogens with one attached hydrogen (secondary N) is 1. The quantitative estimate of drug-likeness (QED) is 0.829. The van der Waals surface area contributed by atoms with Gasteiger partial charge in [-0.2, -0.15) is 5.10 Å². The van der Waals surface area contributed by atoms with Gasteiger partial charge in [-0.15, -0.1) is 0 Å². The van der Waals surface area contributed by atoms with Crippen LogP contribution < -0.4 is 5.32 Å². The Labute approximate surface area is 103 Å². The molecule has 1 N–H and O–H groups in total. The highest BCUT2D eigenvalue weighted by Crippen LogP contribution is 2.37. The minimum atomic E-state index is 0.490. The minimum absolute atomic E-state index is 0.490. The highest BCUT2D eigenvalue weighted by atomic mass is 15.3. The Balaban J connectivity index is 1.77. The fourth-order valence-corrected chi connectivity index (χ4v) is 3.56. The maximum absolute atomic E-state index is 4.28. The van der Waals surface area contributed by atoms with E-state index in [1.54, 1.807) is 0 Å². The first kappa shape index (κ1) is 11.2. The van der Waals surface area contributed by atoms with Crippen molar-refractivity contribution in [3.8, 4) is 0 Å². The van der Waals surface area contributed by atoms with Crippen molar-refractivity contribution < 1.29 is 0 Å². The third-order valence-corrected chi connectivity index (χ3v) is 4.68. The van der Waals surface area contributed by atoms with E-state index in [9.17, 15) is 0 Å². The van der Waals surface area contributed by atoms with Crippen molar-refractivity contribution in [3.05, 3.63) is 18.0 Å². The normalized spacial score (nSPS) is 35.1. The Kier molecular flexibility index (Phi) is 2.71. The van der Waals surface area contributed by atoms with Crippen LogP contribution in [0.3, 0.4) is 0 Å². The van der Waals surface area contributed by atoms with Crippen molar-refractivity contribution in [2.75, 3.05) is 19.6 Å². The van der Waals surface area contributed by atoms with Crippen LogP contribution >= 0.6 is 0 Å². The first-order chi connectivity index (χ1) is 8.16. The second kappa shape index (κ2) is 4.10. The molecule has 0 aromatic carbocycles. The summed E-state index contributed by atoms with van der Waals surface area (Å²) >= 11 is 0. The van der Waals surface area contributed by atoms with Gasteiger partial charge in [0.2, 0.25) is 0 Å². The van der Waals surface area contributed by atoms with E-state index in [4.69, 9.17) is 0 Å². The predicted molar refractivity (Wildman–Crippen MR) is 67.6 cm³/mol. The van der Waals surface area contributed by atoms with Gasteiger partial charge in [-0.3, -0.25) is 9.58 Å². The second-order valence-electron chi connectivity index (χ2n) is 5.64. The topological polar surface area (TPSA) is 33.1 Å². The number of aryl methyl sites for hydroxylation is 1. The van der Waals surface area contributed by atoms with Crippen LogP contribution in [0.25, 0.3) is 0 Å². The van der Waals surface area contributed by atoms with Crippen LogP contribution in [0.15, 0.2) is 12.4 Å². The van der Waals surface area contributed by atoms with E-state index in [1.807, 2.05) is 17.9 Å². The van der Waals surface area contributed by atoms with Gasteiger partial charge in [0.1, 0.15) is 0 Å². The Morgan fingerprint density at radius 1 is 1.47 bits per heavy atom. The van der Waals surface area contributed by atoms with Crippen LogP contribution in [0, 0.1) is 11.8 Å². The molecule has 0 spiro atoms. The summed E-state index contributed by atoms with van der Waals surface area (Å²) in [5, 5.41) is 7.80. The highest BCUT2D eigenvalue weighted by Gasteiger charge is 2.43. The number of hydrogen-bond donors (Lipinski definition) is 1. The summed E-state index contributed by atoms with van der Waals surface area (Å²) in [5.74, 6) is 1.69. The first-order valence-corrected chi connectivity index (χ1v) is 6.62. The van der Waals surface area contributed by atoms with E-state index < -0.39 is 0 Å². The van der Waals surface area contributed by atoms with Crippen molar-refractivity contribution in [2.45, 2.75) is 25.9 Å². The second-order valence-corrected chi connectivity index (χ2v) is 5.64. The van der Waals surface area contributed by atoms with Crippen LogP contribution in [-0.4, -0.2) is 40.4 Å². The van der Waals surface area contributed by atoms with Crippen molar-refractivity contribution in [3.63, 3.8) is 0 Å². The number of rotatable bonds is 2. The van der Waals surface area contributed by atoms with Crippen molar-refractivity contribution in [1.82, 2.24) is 20.0 Å². The average Bonchev–Trinajstić information content (AvgIpc) is 2.96. The Bertz CT molecular complexity index is 400. The van der Waals surface area contributed by atoms with E-state index in [-0.39, 0.29) is 0 Å². The summed E-state index contributed by atoms with van der Waals surface area (Å²) in [7, 11) is 1.99. The molecule has 2 fully saturated rings. The van der Waals surface area contributed by atoms with Crippen molar-refractivity contribution >= 4 is 0 Å². The fourth-order valence-electron chi connectivity index (χ4n) is 3.56. The number of aromatic nitrogens is 2. The molecule has 2 saturated heterocycles. The molecular weight excluding hydrogens is 212 g/mol. The Hall–Kier alpha value is -0.870. The molecule has 3 rings (SSSR count). The fraction of sp³-hybridized carbons (Fsp3) is 0.769. The zero-order valence-corrected chi connectivity index (χ0v) is 10.9. The SMILES string of the molecule is CC(c1cnn(C)c1)N1CC2CNCC2C1C. The lowest BCUT2D eigenvalue weighted by Gasteiger charge is -2.30. The zero-order valence-electron chi connectivity index (χ0n) is 10.9. The lowest BCUT2D eigenvalue weighted by molar-refractivity contribution is 0.182. The summed E-state index contributed by atoms with van der Waals surface area (Å²) in [6, 6.07) is 1.18. The molecule has 4 atom stereocenters. The minimum Gasteiger partial charge on any atom is -0.316 e. The van der Waals surface area contributed by atoms with E-state index in [0.717, 1.165) is 11.8 Å². The van der Waals surface area contributed by atoms with Crippen molar-refractivity contribution in [1.29, 1.82) is 0 Å². The predicted octanol–water partition coefficient (Wildman–Crippen LogP) is 1.02. The molecule has 94 valence electrons. The van der Waals surface area contributed by atoms with Gasteiger partial charge < -0.3 is 5.32 Å².